The molecule has 6 nitrogen and oxygen atoms in total. The Balaban J connectivity index is 5.46. The van der Waals surface area contributed by atoms with E-state index in [4.69, 9.17) is 0 Å². The third kappa shape index (κ3) is 6.16. The van der Waals surface area contributed by atoms with E-state index in [-0.39, 0.29) is 17.6 Å². The molecule has 0 heterocycles. The summed E-state index contributed by atoms with van der Waals surface area (Å²) >= 11 is 0. The summed E-state index contributed by atoms with van der Waals surface area (Å²) in [5.74, 6) is -0.353. The zero-order valence-corrected chi connectivity index (χ0v) is 17.7. The molecule has 0 saturated carbocycles. The SMILES string of the molecule is C=C(O)/C(C)=C/CN(C)C(=O)C(NC(=O)C(CC)(CC)NC)C(C)(C)C. The second-order valence-electron chi connectivity index (χ2n) is 7.86. The van der Waals surface area contributed by atoms with Gasteiger partial charge in [-0.3, -0.25) is 9.59 Å². The lowest BCUT2D eigenvalue weighted by Gasteiger charge is -2.37. The summed E-state index contributed by atoms with van der Waals surface area (Å²) in [5.41, 5.74) is -0.512. The number of carbonyl (C=O) groups is 2. The van der Waals surface area contributed by atoms with Gasteiger partial charge >= 0.3 is 0 Å². The van der Waals surface area contributed by atoms with Crippen molar-refractivity contribution in [1.29, 1.82) is 0 Å². The smallest absolute Gasteiger partial charge is 0.245 e. The Morgan fingerprint density at radius 1 is 1.23 bits per heavy atom. The zero-order chi connectivity index (χ0) is 20.7. The zero-order valence-electron chi connectivity index (χ0n) is 17.7. The van der Waals surface area contributed by atoms with Gasteiger partial charge in [0.05, 0.1) is 5.54 Å². The summed E-state index contributed by atoms with van der Waals surface area (Å²) in [4.78, 5) is 27.4. The van der Waals surface area contributed by atoms with Crippen LogP contribution in [0.15, 0.2) is 24.0 Å². The molecular weight excluding hydrogens is 330 g/mol. The molecule has 0 aliphatic rings. The molecule has 0 bridgehead atoms. The van der Waals surface area contributed by atoms with Crippen LogP contribution >= 0.6 is 0 Å². The molecule has 0 fully saturated rings. The third-order valence-electron chi connectivity index (χ3n) is 5.01. The molecule has 2 amide bonds. The molecule has 0 aromatic heterocycles. The Hall–Kier alpha value is -1.82. The van der Waals surface area contributed by atoms with Gasteiger partial charge in [0, 0.05) is 13.6 Å². The number of aliphatic hydroxyl groups excluding tert-OH is 1. The summed E-state index contributed by atoms with van der Waals surface area (Å²) in [5, 5.41) is 15.4. The number of aliphatic hydroxyl groups is 1. The highest BCUT2D eigenvalue weighted by Gasteiger charge is 2.40. The summed E-state index contributed by atoms with van der Waals surface area (Å²) in [6, 6.07) is -0.656. The normalized spacial score (nSPS) is 13.9. The average molecular weight is 368 g/mol. The molecule has 0 aliphatic heterocycles. The Morgan fingerprint density at radius 2 is 1.73 bits per heavy atom. The van der Waals surface area contributed by atoms with Crippen molar-refractivity contribution in [2.24, 2.45) is 5.41 Å². The summed E-state index contributed by atoms with van der Waals surface area (Å²) in [6.45, 7) is 15.2. The molecule has 26 heavy (non-hydrogen) atoms. The number of allylic oxidation sites excluding steroid dienone is 1. The van der Waals surface area contributed by atoms with E-state index >= 15 is 0 Å². The van der Waals surface area contributed by atoms with Gasteiger partial charge in [0.1, 0.15) is 11.8 Å². The highest BCUT2D eigenvalue weighted by atomic mass is 16.3. The van der Waals surface area contributed by atoms with E-state index in [1.54, 1.807) is 32.0 Å². The number of nitrogens with zero attached hydrogens (tertiary/aromatic N) is 1. The topological polar surface area (TPSA) is 81.7 Å². The van der Waals surface area contributed by atoms with E-state index in [0.29, 0.717) is 25.0 Å². The first-order chi connectivity index (χ1) is 11.9. The first kappa shape index (κ1) is 24.2. The molecule has 0 aromatic rings. The molecule has 0 rings (SSSR count). The lowest BCUT2D eigenvalue weighted by Crippen LogP contribution is -2.62. The monoisotopic (exact) mass is 367 g/mol. The van der Waals surface area contributed by atoms with Crippen LogP contribution < -0.4 is 10.6 Å². The first-order valence-electron chi connectivity index (χ1n) is 9.16. The predicted octanol–water partition coefficient (Wildman–Crippen LogP) is 2.77. The van der Waals surface area contributed by atoms with Crippen molar-refractivity contribution < 1.29 is 14.7 Å². The molecule has 0 spiro atoms. The predicted molar refractivity (Wildman–Crippen MR) is 107 cm³/mol. The fourth-order valence-corrected chi connectivity index (χ4v) is 2.66. The number of likely N-dealkylation sites (N-methyl/N-ethyl adjacent to an activating group) is 2. The van der Waals surface area contributed by atoms with E-state index in [9.17, 15) is 14.7 Å². The molecule has 1 atom stereocenters. The van der Waals surface area contributed by atoms with E-state index < -0.39 is 17.0 Å². The van der Waals surface area contributed by atoms with E-state index in [2.05, 4.69) is 17.2 Å². The molecule has 1 unspecified atom stereocenters. The third-order valence-corrected chi connectivity index (χ3v) is 5.01. The number of amides is 2. The quantitative estimate of drug-likeness (QED) is 0.432. The second kappa shape index (κ2) is 9.76. The van der Waals surface area contributed by atoms with Gasteiger partial charge < -0.3 is 20.6 Å². The van der Waals surface area contributed by atoms with Crippen LogP contribution in [0.2, 0.25) is 0 Å². The van der Waals surface area contributed by atoms with Crippen molar-refractivity contribution in [3.63, 3.8) is 0 Å². The number of hydrogen-bond acceptors (Lipinski definition) is 4. The maximum atomic E-state index is 13.0. The van der Waals surface area contributed by atoms with Crippen LogP contribution in [0.1, 0.15) is 54.4 Å². The minimum atomic E-state index is -0.687. The lowest BCUT2D eigenvalue weighted by atomic mass is 9.84. The van der Waals surface area contributed by atoms with Crippen LogP contribution in [0.4, 0.5) is 0 Å². The number of nitrogens with one attached hydrogen (secondary N) is 2. The van der Waals surface area contributed by atoms with Gasteiger partial charge in [0.15, 0.2) is 0 Å². The molecule has 0 aromatic carbocycles. The van der Waals surface area contributed by atoms with E-state index in [0.717, 1.165) is 0 Å². The van der Waals surface area contributed by atoms with Crippen LogP contribution in [0, 0.1) is 5.41 Å². The molecule has 150 valence electrons. The average Bonchev–Trinajstić information content (AvgIpc) is 2.57. The highest BCUT2D eigenvalue weighted by molar-refractivity contribution is 5.92. The van der Waals surface area contributed by atoms with Crippen molar-refractivity contribution in [2.75, 3.05) is 20.6 Å². The Kier molecular flexibility index (Phi) is 9.08. The minimum absolute atomic E-state index is 0.0174. The van der Waals surface area contributed by atoms with Gasteiger partial charge in [-0.05, 0) is 37.8 Å². The van der Waals surface area contributed by atoms with Crippen molar-refractivity contribution in [1.82, 2.24) is 15.5 Å². The van der Waals surface area contributed by atoms with E-state index in [1.165, 1.54) is 0 Å². The van der Waals surface area contributed by atoms with Crippen molar-refractivity contribution in [3.8, 4) is 0 Å². The largest absolute Gasteiger partial charge is 0.508 e. The Bertz CT molecular complexity index is 535. The number of carbonyl (C=O) groups excluding carboxylic acids is 2. The van der Waals surface area contributed by atoms with Crippen molar-refractivity contribution in [3.05, 3.63) is 24.0 Å². The number of hydrogen-bond donors (Lipinski definition) is 3. The fraction of sp³-hybridized carbons (Fsp3) is 0.700. The molecule has 0 radical (unpaired) electrons. The molecule has 0 saturated heterocycles. The summed E-state index contributed by atoms with van der Waals surface area (Å²) < 4.78 is 0. The molecular formula is C20H37N3O3. The van der Waals surface area contributed by atoms with Crippen LogP contribution in [0.5, 0.6) is 0 Å². The van der Waals surface area contributed by atoms with E-state index in [1.807, 2.05) is 34.6 Å². The molecule has 3 N–H and O–H groups in total. The second-order valence-corrected chi connectivity index (χ2v) is 7.86. The van der Waals surface area contributed by atoms with Gasteiger partial charge in [-0.2, -0.15) is 0 Å². The van der Waals surface area contributed by atoms with Gasteiger partial charge in [0.2, 0.25) is 11.8 Å². The maximum absolute atomic E-state index is 13.0. The fourth-order valence-electron chi connectivity index (χ4n) is 2.66. The van der Waals surface area contributed by atoms with Gasteiger partial charge in [-0.1, -0.05) is 47.3 Å². The van der Waals surface area contributed by atoms with Gasteiger partial charge in [-0.25, -0.2) is 0 Å². The lowest BCUT2D eigenvalue weighted by molar-refractivity contribution is -0.140. The molecule has 6 heteroatoms. The van der Waals surface area contributed by atoms with Gasteiger partial charge in [-0.15, -0.1) is 0 Å². The standard InChI is InChI=1S/C20H37N3O3/c1-10-20(11-2,21-8)18(26)22-16(19(5,6)7)17(25)23(9)13-12-14(3)15(4)24/h12,16,21,24H,4,10-11,13H2,1-3,5-9H3,(H,22,26)/b14-12+. The first-order valence-corrected chi connectivity index (χ1v) is 9.16. The van der Waals surface area contributed by atoms with Gasteiger partial charge in [0.25, 0.3) is 0 Å². The molecule has 0 aliphatic carbocycles. The highest BCUT2D eigenvalue weighted by Crippen LogP contribution is 2.23. The van der Waals surface area contributed by atoms with Crippen molar-refractivity contribution in [2.45, 2.75) is 66.0 Å². The summed E-state index contributed by atoms with van der Waals surface area (Å²) in [7, 11) is 3.45. The van der Waals surface area contributed by atoms with Crippen LogP contribution in [-0.2, 0) is 9.59 Å². The number of rotatable bonds is 9. The van der Waals surface area contributed by atoms with Crippen molar-refractivity contribution >= 4 is 11.8 Å². The van der Waals surface area contributed by atoms with Crippen LogP contribution in [0.25, 0.3) is 0 Å². The Morgan fingerprint density at radius 3 is 2.08 bits per heavy atom. The maximum Gasteiger partial charge on any atom is 0.245 e. The van der Waals surface area contributed by atoms with Crippen LogP contribution in [-0.4, -0.2) is 54.0 Å². The minimum Gasteiger partial charge on any atom is -0.508 e. The summed E-state index contributed by atoms with van der Waals surface area (Å²) in [6.07, 6.45) is 3.00. The Labute approximate surface area is 158 Å². The van der Waals surface area contributed by atoms with Crippen LogP contribution in [0.3, 0.4) is 0 Å².